The van der Waals surface area contributed by atoms with Crippen LogP contribution in [0.2, 0.25) is 0 Å². The maximum Gasteiger partial charge on any atom is 0.301 e. The summed E-state index contributed by atoms with van der Waals surface area (Å²) in [6.07, 6.45) is 33.4. The van der Waals surface area contributed by atoms with Crippen LogP contribution < -0.4 is 20.9 Å². The van der Waals surface area contributed by atoms with Crippen LogP contribution in [0.4, 0.5) is 0 Å². The van der Waals surface area contributed by atoms with Gasteiger partial charge in [0.1, 0.15) is 0 Å². The Morgan fingerprint density at radius 2 is 0.554 bits per heavy atom. The minimum absolute atomic E-state index is 0.153. The van der Waals surface area contributed by atoms with Crippen molar-refractivity contribution in [3.05, 3.63) is 276 Å². The third kappa shape index (κ3) is 10.2. The van der Waals surface area contributed by atoms with Gasteiger partial charge >= 0.3 is 27.4 Å². The zero-order valence-electron chi connectivity index (χ0n) is 31.4. The molecule has 4 nitrogen and oxygen atoms in total. The smallest absolute Gasteiger partial charge is 0.301 e. The molecule has 4 aliphatic heterocycles. The van der Waals surface area contributed by atoms with Crippen molar-refractivity contribution in [2.45, 2.75) is 0 Å². The number of allylic oxidation sites excluding steroid dienone is 12. The first-order valence-electron chi connectivity index (χ1n) is 19.3. The van der Waals surface area contributed by atoms with Crippen molar-refractivity contribution >= 4 is 38.5 Å². The molecular weight excluding hydrogens is 676 g/mol. The normalized spacial score (nSPS) is 14.3. The fourth-order valence-electron chi connectivity index (χ4n) is 6.96. The van der Waals surface area contributed by atoms with Crippen molar-refractivity contribution in [1.29, 1.82) is 0 Å². The Balaban J connectivity index is 0.000000172. The van der Waals surface area contributed by atoms with Gasteiger partial charge in [-0.25, -0.2) is 0 Å². The van der Waals surface area contributed by atoms with E-state index in [4.69, 9.17) is 0 Å². The minimum atomic E-state index is 0.153. The summed E-state index contributed by atoms with van der Waals surface area (Å²) in [5.41, 5.74) is 7.28. The molecule has 4 aromatic carbocycles. The van der Waals surface area contributed by atoms with Crippen molar-refractivity contribution in [3.8, 4) is 0 Å². The molecule has 0 fully saturated rings. The largest absolute Gasteiger partial charge is 0.427 e. The van der Waals surface area contributed by atoms with Gasteiger partial charge in [-0.05, 0) is 82.5 Å². The highest BCUT2D eigenvalue weighted by Gasteiger charge is 2.29. The summed E-state index contributed by atoms with van der Waals surface area (Å²) in [4.78, 5) is 0. The van der Waals surface area contributed by atoms with Crippen LogP contribution >= 0.6 is 0 Å². The second-order valence-electron chi connectivity index (χ2n) is 13.5. The average molecular weight is 720 g/mol. The van der Waals surface area contributed by atoms with Gasteiger partial charge in [0.15, 0.2) is 0 Å². The summed E-state index contributed by atoms with van der Waals surface area (Å²) in [6.45, 7) is 0.614. The van der Waals surface area contributed by atoms with Gasteiger partial charge in [-0.2, -0.15) is 0 Å². The highest BCUT2D eigenvalue weighted by atomic mass is 14.8. The molecule has 0 aromatic heterocycles. The molecule has 4 heterocycles. The molecule has 0 radical (unpaired) electrons. The number of hydrogen-bond donors (Lipinski definition) is 4. The van der Waals surface area contributed by atoms with Gasteiger partial charge in [-0.15, -0.1) is 0 Å². The summed E-state index contributed by atoms with van der Waals surface area (Å²) < 4.78 is 0. The summed E-state index contributed by atoms with van der Waals surface area (Å²) in [7, 11) is 0. The topological polar surface area (TPSA) is 48.1 Å². The first kappa shape index (κ1) is 37.5. The molecule has 4 N–H and O–H groups in total. The lowest BCUT2D eigenvalue weighted by Gasteiger charge is -2.23. The Kier molecular flexibility index (Phi) is 13.4. The highest BCUT2D eigenvalue weighted by molar-refractivity contribution is 6.93. The van der Waals surface area contributed by atoms with Crippen LogP contribution in [0, 0.1) is 0 Å². The Bertz CT molecular complexity index is 1960. The van der Waals surface area contributed by atoms with Crippen LogP contribution in [0.15, 0.2) is 254 Å². The van der Waals surface area contributed by atoms with Crippen LogP contribution in [0.5, 0.6) is 0 Å². The van der Waals surface area contributed by atoms with E-state index in [1.165, 1.54) is 44.1 Å². The van der Waals surface area contributed by atoms with E-state index in [-0.39, 0.29) is 27.4 Å². The molecule has 0 saturated heterocycles. The molecule has 0 aliphatic carbocycles. The van der Waals surface area contributed by atoms with E-state index in [0.29, 0.717) is 0 Å². The second kappa shape index (κ2) is 20.1. The SMILES string of the molecule is C(C=C(c1ccccc1)c1ccccc1)=C(c1ccccc1)c1ccccc1.C1=CNB(C(=CC=C(B2C=CC=CN2)B2C=CC=CN2)B2C=CC=CN2)C=C1. The van der Waals surface area contributed by atoms with Crippen LogP contribution in [0.1, 0.15) is 22.3 Å². The van der Waals surface area contributed by atoms with Gasteiger partial charge in [0.2, 0.25) is 0 Å². The van der Waals surface area contributed by atoms with Gasteiger partial charge in [0.25, 0.3) is 0 Å². The van der Waals surface area contributed by atoms with Crippen LogP contribution in [0.3, 0.4) is 0 Å². The Labute approximate surface area is 334 Å². The number of benzene rings is 4. The molecule has 268 valence electrons. The molecule has 0 atom stereocenters. The monoisotopic (exact) mass is 720 g/mol. The van der Waals surface area contributed by atoms with Crippen molar-refractivity contribution in [2.24, 2.45) is 0 Å². The van der Waals surface area contributed by atoms with Gasteiger partial charge < -0.3 is 20.9 Å². The maximum absolute atomic E-state index is 3.45. The lowest BCUT2D eigenvalue weighted by molar-refractivity contribution is 1.28. The molecule has 4 aliphatic rings. The van der Waals surface area contributed by atoms with Gasteiger partial charge in [0.05, 0.1) is 0 Å². The molecule has 8 heteroatoms. The molecule has 0 amide bonds. The maximum atomic E-state index is 3.45. The lowest BCUT2D eigenvalue weighted by Crippen LogP contribution is -2.45. The summed E-state index contributed by atoms with van der Waals surface area (Å²) in [5, 5.41) is 16.4. The summed E-state index contributed by atoms with van der Waals surface area (Å²) in [5.74, 6) is 8.76. The van der Waals surface area contributed by atoms with Crippen LogP contribution in [0.25, 0.3) is 11.1 Å². The average Bonchev–Trinajstić information content (AvgIpc) is 3.29. The summed E-state index contributed by atoms with van der Waals surface area (Å²) >= 11 is 0. The van der Waals surface area contributed by atoms with Gasteiger partial charge in [0, 0.05) is 0 Å². The Morgan fingerprint density at radius 1 is 0.304 bits per heavy atom. The van der Waals surface area contributed by atoms with Crippen LogP contribution in [-0.4, -0.2) is 27.4 Å². The van der Waals surface area contributed by atoms with E-state index in [9.17, 15) is 0 Å². The zero-order valence-corrected chi connectivity index (χ0v) is 31.4. The minimum Gasteiger partial charge on any atom is -0.427 e. The lowest BCUT2D eigenvalue weighted by atomic mass is 9.33. The summed E-state index contributed by atoms with van der Waals surface area (Å²) in [6, 6.07) is 42.2. The van der Waals surface area contributed by atoms with Gasteiger partial charge in [-0.3, -0.25) is 0 Å². The van der Waals surface area contributed by atoms with E-state index in [2.05, 4.69) is 215 Å². The quantitative estimate of drug-likeness (QED) is 0.0977. The zero-order chi connectivity index (χ0) is 38.0. The van der Waals surface area contributed by atoms with E-state index in [0.717, 1.165) is 0 Å². The first-order chi connectivity index (χ1) is 27.8. The van der Waals surface area contributed by atoms with E-state index in [1.807, 2.05) is 49.1 Å². The molecular formula is C48H44B4N4. The molecule has 0 spiro atoms. The van der Waals surface area contributed by atoms with Crippen molar-refractivity contribution in [2.75, 3.05) is 0 Å². The van der Waals surface area contributed by atoms with E-state index in [1.54, 1.807) is 0 Å². The predicted molar refractivity (Wildman–Crippen MR) is 245 cm³/mol. The fourth-order valence-corrected chi connectivity index (χ4v) is 6.96. The predicted octanol–water partition coefficient (Wildman–Crippen LogP) is 9.06. The van der Waals surface area contributed by atoms with Crippen LogP contribution in [-0.2, 0) is 0 Å². The molecule has 56 heavy (non-hydrogen) atoms. The number of rotatable bonds is 10. The Morgan fingerprint density at radius 3 is 0.768 bits per heavy atom. The third-order valence-electron chi connectivity index (χ3n) is 9.81. The number of hydrogen-bond acceptors (Lipinski definition) is 4. The third-order valence-corrected chi connectivity index (χ3v) is 9.81. The van der Waals surface area contributed by atoms with Crippen molar-refractivity contribution in [3.63, 3.8) is 0 Å². The van der Waals surface area contributed by atoms with Crippen molar-refractivity contribution < 1.29 is 0 Å². The van der Waals surface area contributed by atoms with Crippen molar-refractivity contribution in [1.82, 2.24) is 20.9 Å². The highest BCUT2D eigenvalue weighted by Crippen LogP contribution is 2.27. The van der Waals surface area contributed by atoms with Gasteiger partial charge in [-0.1, -0.05) is 205 Å². The molecule has 0 unspecified atom stereocenters. The van der Waals surface area contributed by atoms with E-state index >= 15 is 0 Å². The standard InChI is InChI=1S/C28H22.C20H22B4N4/c1-5-13-23(14-6-1)27(24-15-7-2-8-16-24)21-22-28(25-17-9-3-10-18-25)26-19-11-4-12-20-26;1-5-15-25-21(11-1)19(22-12-2-6-16-26-22)9-10-20(23-13-3-7-17-27-23)24-14-4-8-18-28-24/h1-22H;1-18,25-28H. The van der Waals surface area contributed by atoms with E-state index < -0.39 is 0 Å². The Hall–Kier alpha value is -6.78. The molecule has 4 aromatic rings. The first-order valence-corrected chi connectivity index (χ1v) is 19.3. The molecule has 0 bridgehead atoms. The second-order valence-corrected chi connectivity index (χ2v) is 13.5. The number of nitrogens with one attached hydrogen (secondary N) is 4. The molecule has 8 rings (SSSR count). The molecule has 0 saturated carbocycles. The fraction of sp³-hybridized carbons (Fsp3) is 0.